The van der Waals surface area contributed by atoms with E-state index in [-0.39, 0.29) is 17.1 Å². The monoisotopic (exact) mass is 341 g/mol. The summed E-state index contributed by atoms with van der Waals surface area (Å²) in [7, 11) is 1.24. The highest BCUT2D eigenvalue weighted by Gasteiger charge is 2.33. The molecule has 1 fully saturated rings. The summed E-state index contributed by atoms with van der Waals surface area (Å²) in [6.07, 6.45) is 1.83. The third kappa shape index (κ3) is 2.83. The van der Waals surface area contributed by atoms with Crippen molar-refractivity contribution < 1.29 is 14.3 Å². The topological polar surface area (TPSA) is 125 Å². The van der Waals surface area contributed by atoms with Gasteiger partial charge in [0, 0.05) is 0 Å². The van der Waals surface area contributed by atoms with Crippen LogP contribution in [0.25, 0.3) is 11.2 Å². The van der Waals surface area contributed by atoms with Crippen LogP contribution < -0.4 is 11.4 Å². The SMILES string of the molecule is COC(=O)OC1CCCCC1n1c(=O)[nH]c2c(Cl)nc(N)nc21. The first-order valence-electron chi connectivity index (χ1n) is 7.19. The fourth-order valence-corrected chi connectivity index (χ4v) is 3.19. The lowest BCUT2D eigenvalue weighted by atomic mass is 9.92. The molecule has 10 heteroatoms. The van der Waals surface area contributed by atoms with Gasteiger partial charge in [-0.2, -0.15) is 9.97 Å². The van der Waals surface area contributed by atoms with Crippen LogP contribution in [0.4, 0.5) is 10.7 Å². The number of carbonyl (C=O) groups is 1. The average molecular weight is 342 g/mol. The van der Waals surface area contributed by atoms with Gasteiger partial charge in [-0.1, -0.05) is 18.0 Å². The zero-order valence-electron chi connectivity index (χ0n) is 12.4. The standard InChI is InChI=1S/C13H16ClN5O4/c1-22-13(21)23-7-5-3-2-4-6(7)19-10-8(16-12(19)20)9(14)17-11(15)18-10/h6-7H,2-5H2,1H3,(H,16,20)(H2,15,17,18). The van der Waals surface area contributed by atoms with E-state index < -0.39 is 17.9 Å². The van der Waals surface area contributed by atoms with Crippen LogP contribution >= 0.6 is 11.6 Å². The van der Waals surface area contributed by atoms with Gasteiger partial charge < -0.3 is 20.2 Å². The maximum absolute atomic E-state index is 12.4. The number of nitrogen functional groups attached to an aromatic ring is 1. The van der Waals surface area contributed by atoms with Gasteiger partial charge in [0.05, 0.1) is 13.2 Å². The molecule has 0 spiro atoms. The molecule has 2 aromatic heterocycles. The molecular weight excluding hydrogens is 326 g/mol. The van der Waals surface area contributed by atoms with Crippen LogP contribution in [0.15, 0.2) is 4.79 Å². The van der Waals surface area contributed by atoms with Gasteiger partial charge in [0.15, 0.2) is 10.8 Å². The fraction of sp³-hybridized carbons (Fsp3) is 0.538. The first-order chi connectivity index (χ1) is 11.0. The van der Waals surface area contributed by atoms with Crippen molar-refractivity contribution in [1.29, 1.82) is 0 Å². The first-order valence-corrected chi connectivity index (χ1v) is 7.57. The Kier molecular flexibility index (Phi) is 4.12. The second-order valence-electron chi connectivity index (χ2n) is 5.33. The number of nitrogens with two attached hydrogens (primary N) is 1. The number of imidazole rings is 1. The van der Waals surface area contributed by atoms with Gasteiger partial charge in [-0.25, -0.2) is 9.59 Å². The third-order valence-corrected chi connectivity index (χ3v) is 4.23. The first kappa shape index (κ1) is 15.6. The van der Waals surface area contributed by atoms with Crippen LogP contribution in [0.2, 0.25) is 5.15 Å². The lowest BCUT2D eigenvalue weighted by molar-refractivity contribution is 0.000336. The molecule has 0 aliphatic heterocycles. The highest BCUT2D eigenvalue weighted by atomic mass is 35.5. The van der Waals surface area contributed by atoms with Gasteiger partial charge in [0.1, 0.15) is 11.6 Å². The molecular formula is C13H16ClN5O4. The molecule has 124 valence electrons. The Morgan fingerprint density at radius 2 is 2.13 bits per heavy atom. The van der Waals surface area contributed by atoms with Crippen LogP contribution in [-0.2, 0) is 9.47 Å². The quantitative estimate of drug-likeness (QED) is 0.628. The lowest BCUT2D eigenvalue weighted by Gasteiger charge is -2.31. The van der Waals surface area contributed by atoms with Gasteiger partial charge in [0.25, 0.3) is 0 Å². The maximum Gasteiger partial charge on any atom is 0.508 e. The summed E-state index contributed by atoms with van der Waals surface area (Å²) in [6, 6.07) is -0.366. The number of nitrogens with zero attached hydrogens (tertiary/aromatic N) is 3. The van der Waals surface area contributed by atoms with Gasteiger partial charge in [0.2, 0.25) is 5.95 Å². The number of H-pyrrole nitrogens is 1. The van der Waals surface area contributed by atoms with Crippen molar-refractivity contribution >= 4 is 34.9 Å². The summed E-state index contributed by atoms with van der Waals surface area (Å²) < 4.78 is 11.3. The van der Waals surface area contributed by atoms with E-state index in [1.54, 1.807) is 0 Å². The van der Waals surface area contributed by atoms with Crippen molar-refractivity contribution in [3.8, 4) is 0 Å². The molecule has 2 atom stereocenters. The molecule has 0 radical (unpaired) electrons. The molecule has 1 aliphatic carbocycles. The fourth-order valence-electron chi connectivity index (χ4n) is 2.97. The Bertz CT molecular complexity index is 801. The van der Waals surface area contributed by atoms with Crippen LogP contribution in [0.5, 0.6) is 0 Å². The largest absolute Gasteiger partial charge is 0.508 e. The summed E-state index contributed by atoms with van der Waals surface area (Å²) in [5.41, 5.74) is 5.85. The molecule has 1 saturated carbocycles. The van der Waals surface area contributed by atoms with E-state index >= 15 is 0 Å². The molecule has 3 N–H and O–H groups in total. The normalized spacial score (nSPS) is 21.3. The molecule has 2 unspecified atom stereocenters. The van der Waals surface area contributed by atoms with E-state index in [0.717, 1.165) is 12.8 Å². The van der Waals surface area contributed by atoms with Crippen molar-refractivity contribution in [2.24, 2.45) is 0 Å². The van der Waals surface area contributed by atoms with Crippen molar-refractivity contribution in [3.63, 3.8) is 0 Å². The molecule has 0 saturated heterocycles. The second-order valence-corrected chi connectivity index (χ2v) is 5.69. The number of hydrogen-bond donors (Lipinski definition) is 2. The summed E-state index contributed by atoms with van der Waals surface area (Å²) in [4.78, 5) is 34.4. The van der Waals surface area contributed by atoms with E-state index in [2.05, 4.69) is 19.7 Å². The molecule has 2 aromatic rings. The Morgan fingerprint density at radius 3 is 2.87 bits per heavy atom. The van der Waals surface area contributed by atoms with Gasteiger partial charge >= 0.3 is 11.8 Å². The number of aromatic amines is 1. The van der Waals surface area contributed by atoms with E-state index in [4.69, 9.17) is 22.1 Å². The molecule has 1 aliphatic rings. The molecule has 2 heterocycles. The Labute approximate surface area is 135 Å². The second kappa shape index (κ2) is 6.07. The number of halogens is 1. The van der Waals surface area contributed by atoms with E-state index in [1.165, 1.54) is 11.7 Å². The summed E-state index contributed by atoms with van der Waals surface area (Å²) in [6.45, 7) is 0. The Balaban J connectivity index is 2.08. The summed E-state index contributed by atoms with van der Waals surface area (Å²) in [5.74, 6) is -0.0310. The molecule has 3 rings (SSSR count). The van der Waals surface area contributed by atoms with Crippen LogP contribution in [0.1, 0.15) is 31.7 Å². The minimum Gasteiger partial charge on any atom is -0.438 e. The number of methoxy groups -OCH3 is 1. The number of aromatic nitrogens is 4. The number of nitrogens with one attached hydrogen (secondary N) is 1. The number of carbonyl (C=O) groups excluding carboxylic acids is 1. The highest BCUT2D eigenvalue weighted by molar-refractivity contribution is 6.33. The number of hydrogen-bond acceptors (Lipinski definition) is 7. The zero-order valence-corrected chi connectivity index (χ0v) is 13.2. The third-order valence-electron chi connectivity index (χ3n) is 3.96. The van der Waals surface area contributed by atoms with Crippen LogP contribution in [-0.4, -0.2) is 38.9 Å². The van der Waals surface area contributed by atoms with Gasteiger partial charge in [-0.05, 0) is 19.3 Å². The Morgan fingerprint density at radius 1 is 1.39 bits per heavy atom. The minimum absolute atomic E-state index is 0.0310. The minimum atomic E-state index is -0.776. The molecule has 23 heavy (non-hydrogen) atoms. The smallest absolute Gasteiger partial charge is 0.438 e. The molecule has 0 bridgehead atoms. The van der Waals surface area contributed by atoms with E-state index in [9.17, 15) is 9.59 Å². The number of ether oxygens (including phenoxy) is 2. The number of fused-ring (bicyclic) bond motifs is 1. The summed E-state index contributed by atoms with van der Waals surface area (Å²) in [5, 5.41) is 0.0737. The van der Waals surface area contributed by atoms with Crippen molar-refractivity contribution in [1.82, 2.24) is 19.5 Å². The summed E-state index contributed by atoms with van der Waals surface area (Å²) >= 11 is 6.01. The zero-order chi connectivity index (χ0) is 16.6. The number of anilines is 1. The lowest BCUT2D eigenvalue weighted by Crippen LogP contribution is -2.36. The maximum atomic E-state index is 12.4. The van der Waals surface area contributed by atoms with Crippen molar-refractivity contribution in [3.05, 3.63) is 15.6 Å². The van der Waals surface area contributed by atoms with Crippen LogP contribution in [0.3, 0.4) is 0 Å². The van der Waals surface area contributed by atoms with Crippen molar-refractivity contribution in [2.75, 3.05) is 12.8 Å². The van der Waals surface area contributed by atoms with Crippen molar-refractivity contribution in [2.45, 2.75) is 37.8 Å². The molecule has 0 aromatic carbocycles. The molecule has 0 amide bonds. The number of rotatable bonds is 2. The predicted molar refractivity (Wildman–Crippen MR) is 82.4 cm³/mol. The van der Waals surface area contributed by atoms with Gasteiger partial charge in [-0.3, -0.25) is 4.57 Å². The Hall–Kier alpha value is -2.29. The van der Waals surface area contributed by atoms with E-state index in [0.29, 0.717) is 24.0 Å². The van der Waals surface area contributed by atoms with E-state index in [1.807, 2.05) is 0 Å². The average Bonchev–Trinajstić information content (AvgIpc) is 2.84. The van der Waals surface area contributed by atoms with Gasteiger partial charge in [-0.15, -0.1) is 0 Å². The molecule has 9 nitrogen and oxygen atoms in total. The predicted octanol–water partition coefficient (Wildman–Crippen LogP) is 1.62. The highest BCUT2D eigenvalue weighted by Crippen LogP contribution is 2.32. The van der Waals surface area contributed by atoms with Crippen LogP contribution in [0, 0.1) is 0 Å².